The molecule has 0 bridgehead atoms. The van der Waals surface area contributed by atoms with Crippen molar-refractivity contribution >= 4 is 17.9 Å². The molecule has 1 atom stereocenters. The summed E-state index contributed by atoms with van der Waals surface area (Å²) >= 11 is 0. The number of carbonyl (C=O) groups is 3. The predicted molar refractivity (Wildman–Crippen MR) is 99.6 cm³/mol. The Kier molecular flexibility index (Phi) is 15.8. The van der Waals surface area contributed by atoms with Crippen molar-refractivity contribution in [1.82, 2.24) is 0 Å². The average molecular weight is 373 g/mol. The number of hydrogen-bond donors (Lipinski definition) is 0. The van der Waals surface area contributed by atoms with Crippen LogP contribution in [0.5, 0.6) is 0 Å². The van der Waals surface area contributed by atoms with Gasteiger partial charge in [0.25, 0.3) is 0 Å². The topological polar surface area (TPSA) is 78.9 Å². The lowest BCUT2D eigenvalue weighted by molar-refractivity contribution is -0.146. The maximum Gasteiger partial charge on any atom is 0.308 e. The van der Waals surface area contributed by atoms with Crippen LogP contribution >= 0.6 is 0 Å². The van der Waals surface area contributed by atoms with E-state index < -0.39 is 0 Å². The van der Waals surface area contributed by atoms with E-state index in [9.17, 15) is 14.4 Å². The van der Waals surface area contributed by atoms with E-state index in [1.54, 1.807) is 0 Å². The Balaban J connectivity index is 3.76. The van der Waals surface area contributed by atoms with Crippen LogP contribution in [0.2, 0.25) is 0 Å². The maximum absolute atomic E-state index is 11.9. The zero-order valence-corrected chi connectivity index (χ0v) is 16.7. The largest absolute Gasteiger partial charge is 0.469 e. The number of methoxy groups -OCH3 is 3. The Morgan fingerprint density at radius 3 is 1.38 bits per heavy atom. The molecule has 0 radical (unpaired) electrons. The highest BCUT2D eigenvalue weighted by molar-refractivity contribution is 5.72. The van der Waals surface area contributed by atoms with Crippen molar-refractivity contribution < 1.29 is 28.6 Å². The minimum atomic E-state index is -0.180. The zero-order valence-electron chi connectivity index (χ0n) is 16.7. The van der Waals surface area contributed by atoms with Crippen LogP contribution in [0.4, 0.5) is 0 Å². The number of rotatable bonds is 16. The van der Waals surface area contributed by atoms with Crippen molar-refractivity contribution in [2.24, 2.45) is 5.92 Å². The van der Waals surface area contributed by atoms with Crippen LogP contribution in [0, 0.1) is 5.92 Å². The third-order valence-corrected chi connectivity index (χ3v) is 4.61. The molecule has 0 heterocycles. The summed E-state index contributed by atoms with van der Waals surface area (Å²) in [6.07, 6.45) is 11.5. The lowest BCUT2D eigenvalue weighted by Gasteiger charge is -2.14. The van der Waals surface area contributed by atoms with E-state index in [2.05, 4.69) is 9.47 Å². The van der Waals surface area contributed by atoms with Gasteiger partial charge in [0.05, 0.1) is 27.2 Å². The molecule has 0 spiro atoms. The first-order valence-corrected chi connectivity index (χ1v) is 9.76. The summed E-state index contributed by atoms with van der Waals surface area (Å²) in [5, 5.41) is 0. The highest BCUT2D eigenvalue weighted by atomic mass is 16.5. The van der Waals surface area contributed by atoms with Gasteiger partial charge < -0.3 is 14.2 Å². The fourth-order valence-corrected chi connectivity index (χ4v) is 2.95. The van der Waals surface area contributed by atoms with E-state index in [4.69, 9.17) is 4.74 Å². The lowest BCUT2D eigenvalue weighted by Crippen LogP contribution is -2.16. The monoisotopic (exact) mass is 372 g/mol. The smallest absolute Gasteiger partial charge is 0.308 e. The van der Waals surface area contributed by atoms with Crippen LogP contribution in [0.25, 0.3) is 0 Å². The van der Waals surface area contributed by atoms with Gasteiger partial charge in [0.15, 0.2) is 0 Å². The normalized spacial score (nSPS) is 11.7. The van der Waals surface area contributed by atoms with Crippen LogP contribution in [0.3, 0.4) is 0 Å². The molecule has 0 saturated heterocycles. The molecule has 0 aromatic carbocycles. The van der Waals surface area contributed by atoms with Crippen molar-refractivity contribution in [1.29, 1.82) is 0 Å². The number of unbranched alkanes of at least 4 members (excludes halogenated alkanes) is 7. The molecule has 0 aliphatic heterocycles. The molecule has 6 heteroatoms. The molecule has 26 heavy (non-hydrogen) atoms. The second kappa shape index (κ2) is 16.9. The molecule has 0 saturated carbocycles. The molecule has 6 nitrogen and oxygen atoms in total. The van der Waals surface area contributed by atoms with Crippen LogP contribution in [0.15, 0.2) is 0 Å². The third kappa shape index (κ3) is 13.7. The first-order valence-electron chi connectivity index (χ1n) is 9.76. The van der Waals surface area contributed by atoms with E-state index >= 15 is 0 Å². The van der Waals surface area contributed by atoms with Gasteiger partial charge in [0, 0.05) is 12.8 Å². The van der Waals surface area contributed by atoms with Crippen molar-refractivity contribution in [2.75, 3.05) is 21.3 Å². The second-order valence-corrected chi connectivity index (χ2v) is 6.63. The molecule has 0 aliphatic carbocycles. The minimum Gasteiger partial charge on any atom is -0.469 e. The van der Waals surface area contributed by atoms with Gasteiger partial charge in [-0.2, -0.15) is 0 Å². The SMILES string of the molecule is COC(=O)CCCCCCCCC(CCCCCC(=O)OC)C(=O)OC. The minimum absolute atomic E-state index is 0.0440. The summed E-state index contributed by atoms with van der Waals surface area (Å²) in [6.45, 7) is 0. The van der Waals surface area contributed by atoms with Gasteiger partial charge in [-0.1, -0.05) is 44.9 Å². The van der Waals surface area contributed by atoms with Crippen molar-refractivity contribution in [3.63, 3.8) is 0 Å². The molecule has 152 valence electrons. The fourth-order valence-electron chi connectivity index (χ4n) is 2.95. The Bertz CT molecular complexity index is 394. The highest BCUT2D eigenvalue weighted by Crippen LogP contribution is 2.20. The Labute approximate surface area is 157 Å². The molecule has 0 rings (SSSR count). The average Bonchev–Trinajstić information content (AvgIpc) is 2.66. The van der Waals surface area contributed by atoms with Crippen LogP contribution in [0.1, 0.15) is 83.5 Å². The first kappa shape index (κ1) is 24.4. The molecular weight excluding hydrogens is 336 g/mol. The van der Waals surface area contributed by atoms with Crippen LogP contribution in [-0.4, -0.2) is 39.2 Å². The predicted octanol–water partition coefficient (Wildman–Crippen LogP) is 4.19. The van der Waals surface area contributed by atoms with Gasteiger partial charge in [-0.25, -0.2) is 0 Å². The molecule has 0 aromatic heterocycles. The van der Waals surface area contributed by atoms with E-state index in [-0.39, 0.29) is 23.8 Å². The van der Waals surface area contributed by atoms with Gasteiger partial charge in [0.1, 0.15) is 0 Å². The van der Waals surface area contributed by atoms with Gasteiger partial charge in [-0.05, 0) is 25.7 Å². The summed E-state index contributed by atoms with van der Waals surface area (Å²) < 4.78 is 14.1. The number of carbonyl (C=O) groups excluding carboxylic acids is 3. The third-order valence-electron chi connectivity index (χ3n) is 4.61. The van der Waals surface area contributed by atoms with Gasteiger partial charge >= 0.3 is 17.9 Å². The lowest BCUT2D eigenvalue weighted by atomic mass is 9.94. The zero-order chi connectivity index (χ0) is 19.6. The molecule has 0 amide bonds. The van der Waals surface area contributed by atoms with Crippen LogP contribution in [-0.2, 0) is 28.6 Å². The standard InChI is InChI=1S/C20H36O6/c1-24-18(21)15-11-7-5-4-6-9-13-17(20(23)26-3)14-10-8-12-16-19(22)25-2/h17H,4-16H2,1-3H3. The number of hydrogen-bond acceptors (Lipinski definition) is 6. The van der Waals surface area contributed by atoms with E-state index in [1.807, 2.05) is 0 Å². The van der Waals surface area contributed by atoms with Gasteiger partial charge in [-0.3, -0.25) is 14.4 Å². The number of esters is 3. The Hall–Kier alpha value is -1.59. The van der Waals surface area contributed by atoms with Gasteiger partial charge in [0.2, 0.25) is 0 Å². The van der Waals surface area contributed by atoms with Crippen LogP contribution < -0.4 is 0 Å². The fraction of sp³-hybridized carbons (Fsp3) is 0.850. The van der Waals surface area contributed by atoms with Crippen molar-refractivity contribution in [3.05, 3.63) is 0 Å². The molecule has 1 unspecified atom stereocenters. The molecule has 0 fully saturated rings. The first-order chi connectivity index (χ1) is 12.5. The number of ether oxygens (including phenoxy) is 3. The Morgan fingerprint density at radius 2 is 0.962 bits per heavy atom. The van der Waals surface area contributed by atoms with Crippen molar-refractivity contribution in [3.8, 4) is 0 Å². The van der Waals surface area contributed by atoms with E-state index in [0.717, 1.165) is 70.6 Å². The molecule has 0 aromatic rings. The summed E-state index contributed by atoms with van der Waals surface area (Å²) in [4.78, 5) is 34.0. The molecule has 0 aliphatic rings. The highest BCUT2D eigenvalue weighted by Gasteiger charge is 2.18. The quantitative estimate of drug-likeness (QED) is 0.230. The summed E-state index contributed by atoms with van der Waals surface area (Å²) in [6, 6.07) is 0. The van der Waals surface area contributed by atoms with E-state index in [1.165, 1.54) is 21.3 Å². The van der Waals surface area contributed by atoms with E-state index in [0.29, 0.717) is 12.8 Å². The molecule has 0 N–H and O–H groups in total. The second-order valence-electron chi connectivity index (χ2n) is 6.63. The Morgan fingerprint density at radius 1 is 0.577 bits per heavy atom. The summed E-state index contributed by atoms with van der Waals surface area (Å²) in [7, 11) is 4.25. The van der Waals surface area contributed by atoms with Gasteiger partial charge in [-0.15, -0.1) is 0 Å². The van der Waals surface area contributed by atoms with Crippen molar-refractivity contribution in [2.45, 2.75) is 83.5 Å². The maximum atomic E-state index is 11.9. The summed E-state index contributed by atoms with van der Waals surface area (Å²) in [5.74, 6) is -0.493. The summed E-state index contributed by atoms with van der Waals surface area (Å²) in [5.41, 5.74) is 0. The molecular formula is C20H36O6.